The van der Waals surface area contributed by atoms with Gasteiger partial charge in [0.2, 0.25) is 0 Å². The van der Waals surface area contributed by atoms with Gasteiger partial charge in [0, 0.05) is 0 Å². The third-order valence-electron chi connectivity index (χ3n) is 2.31. The van der Waals surface area contributed by atoms with E-state index in [0.29, 0.717) is 0 Å². The molecule has 9 heteroatoms. The van der Waals surface area contributed by atoms with E-state index >= 15 is 0 Å². The lowest BCUT2D eigenvalue weighted by Crippen LogP contribution is -2.11. The first-order valence-corrected chi connectivity index (χ1v) is 6.29. The molecule has 0 saturated carbocycles. The monoisotopic (exact) mass is 303 g/mol. The van der Waals surface area contributed by atoms with Crippen molar-refractivity contribution in [3.05, 3.63) is 36.2 Å². The second-order valence-electron chi connectivity index (χ2n) is 3.68. The van der Waals surface area contributed by atoms with E-state index in [2.05, 4.69) is 10.2 Å². The molecule has 20 heavy (non-hydrogen) atoms. The van der Waals surface area contributed by atoms with E-state index in [1.165, 1.54) is 18.2 Å². The highest BCUT2D eigenvalue weighted by Gasteiger charge is 2.34. The Morgan fingerprint density at radius 1 is 1.35 bits per heavy atom. The van der Waals surface area contributed by atoms with Gasteiger partial charge in [0.15, 0.2) is 5.16 Å². The van der Waals surface area contributed by atoms with E-state index < -0.39 is 17.7 Å². The molecule has 0 unspecified atom stereocenters. The van der Waals surface area contributed by atoms with E-state index in [1.54, 1.807) is 0 Å². The van der Waals surface area contributed by atoms with Crippen LogP contribution < -0.4 is 0 Å². The quantitative estimate of drug-likeness (QED) is 0.879. The number of carboxylic acid groups (broad SMARTS) is 1. The number of halogens is 3. The minimum absolute atomic E-state index is 0.0871. The molecular formula is C11H8F3N3O2S. The molecule has 5 nitrogen and oxygen atoms in total. The highest BCUT2D eigenvalue weighted by molar-refractivity contribution is 7.99. The Hall–Kier alpha value is -2.03. The average Bonchev–Trinajstić information content (AvgIpc) is 2.83. The van der Waals surface area contributed by atoms with Crippen LogP contribution >= 0.6 is 11.8 Å². The van der Waals surface area contributed by atoms with Crippen LogP contribution in [0.4, 0.5) is 13.2 Å². The Bertz CT molecular complexity index is 627. The Labute approximate surface area is 115 Å². The molecule has 0 aliphatic rings. The van der Waals surface area contributed by atoms with Gasteiger partial charge in [0.1, 0.15) is 6.33 Å². The largest absolute Gasteiger partial charge is 0.481 e. The molecule has 2 aromatic rings. The Balaban J connectivity index is 2.43. The van der Waals surface area contributed by atoms with Crippen molar-refractivity contribution < 1.29 is 23.1 Å². The fourth-order valence-corrected chi connectivity index (χ4v) is 2.18. The molecule has 1 heterocycles. The number of carboxylic acids is 1. The lowest BCUT2D eigenvalue weighted by molar-refractivity contribution is -0.137. The molecule has 0 aliphatic carbocycles. The minimum atomic E-state index is -4.52. The molecule has 106 valence electrons. The summed E-state index contributed by atoms with van der Waals surface area (Å²) in [6.07, 6.45) is -3.40. The number of nitrogens with zero attached hydrogens (tertiary/aromatic N) is 3. The topological polar surface area (TPSA) is 68.0 Å². The number of aromatic nitrogens is 3. The molecule has 0 saturated heterocycles. The van der Waals surface area contributed by atoms with Crippen molar-refractivity contribution >= 4 is 17.7 Å². The van der Waals surface area contributed by atoms with Crippen LogP contribution in [0, 0.1) is 0 Å². The predicted molar refractivity (Wildman–Crippen MR) is 64.7 cm³/mol. The molecule has 0 amide bonds. The standard InChI is InChI=1S/C11H8F3N3O2S/c12-11(13,14)7-3-1-2-4-8(7)17-6-15-16-10(17)20-5-9(18)19/h1-4,6H,5H2,(H,18,19). The van der Waals surface area contributed by atoms with Gasteiger partial charge < -0.3 is 5.11 Å². The van der Waals surface area contributed by atoms with Crippen LogP contribution in [0.25, 0.3) is 5.69 Å². The zero-order chi connectivity index (χ0) is 14.8. The molecule has 0 fully saturated rings. The Kier molecular flexibility index (Phi) is 3.98. The minimum Gasteiger partial charge on any atom is -0.481 e. The molecule has 0 bridgehead atoms. The average molecular weight is 303 g/mol. The van der Waals surface area contributed by atoms with Crippen molar-refractivity contribution in [3.8, 4) is 5.69 Å². The summed E-state index contributed by atoms with van der Waals surface area (Å²) in [6, 6.07) is 4.95. The maximum absolute atomic E-state index is 12.9. The molecule has 0 spiro atoms. The summed E-state index contributed by atoms with van der Waals surface area (Å²) in [4.78, 5) is 10.5. The fraction of sp³-hybridized carbons (Fsp3) is 0.182. The number of aliphatic carboxylic acids is 1. The van der Waals surface area contributed by atoms with Gasteiger partial charge in [-0.15, -0.1) is 10.2 Å². The Morgan fingerprint density at radius 3 is 2.70 bits per heavy atom. The summed E-state index contributed by atoms with van der Waals surface area (Å²) in [7, 11) is 0. The van der Waals surface area contributed by atoms with Gasteiger partial charge in [-0.3, -0.25) is 9.36 Å². The maximum atomic E-state index is 12.9. The van der Waals surface area contributed by atoms with Crippen LogP contribution in [0.5, 0.6) is 0 Å². The van der Waals surface area contributed by atoms with Gasteiger partial charge >= 0.3 is 12.1 Å². The highest BCUT2D eigenvalue weighted by atomic mass is 32.2. The fourth-order valence-electron chi connectivity index (χ4n) is 1.54. The SMILES string of the molecule is O=C(O)CSc1nncn1-c1ccccc1C(F)(F)F. The lowest BCUT2D eigenvalue weighted by Gasteiger charge is -2.13. The zero-order valence-electron chi connectivity index (χ0n) is 9.83. The summed E-state index contributed by atoms with van der Waals surface area (Å²) in [5, 5.41) is 15.9. The third-order valence-corrected chi connectivity index (χ3v) is 3.24. The number of carbonyl (C=O) groups is 1. The zero-order valence-corrected chi connectivity index (χ0v) is 10.6. The van der Waals surface area contributed by atoms with E-state index in [1.807, 2.05) is 0 Å². The van der Waals surface area contributed by atoms with Gasteiger partial charge in [-0.25, -0.2) is 0 Å². The van der Waals surface area contributed by atoms with Gasteiger partial charge in [0.25, 0.3) is 0 Å². The maximum Gasteiger partial charge on any atom is 0.418 e. The van der Waals surface area contributed by atoms with Crippen molar-refractivity contribution in [1.29, 1.82) is 0 Å². The highest BCUT2D eigenvalue weighted by Crippen LogP contribution is 2.34. The summed E-state index contributed by atoms with van der Waals surface area (Å²) in [6.45, 7) is 0. The number of thioether (sulfide) groups is 1. The van der Waals surface area contributed by atoms with Crippen LogP contribution in [0.3, 0.4) is 0 Å². The number of para-hydroxylation sites is 1. The number of alkyl halides is 3. The molecule has 0 atom stereocenters. The van der Waals surface area contributed by atoms with Crippen LogP contribution in [-0.2, 0) is 11.0 Å². The third kappa shape index (κ3) is 3.10. The summed E-state index contributed by atoms with van der Waals surface area (Å²) in [5.74, 6) is -1.40. The molecule has 1 aromatic heterocycles. The lowest BCUT2D eigenvalue weighted by atomic mass is 10.1. The van der Waals surface area contributed by atoms with Crippen molar-refractivity contribution in [2.24, 2.45) is 0 Å². The summed E-state index contributed by atoms with van der Waals surface area (Å²) in [5.41, 5.74) is -0.977. The molecular weight excluding hydrogens is 295 g/mol. The van der Waals surface area contributed by atoms with Gasteiger partial charge in [-0.05, 0) is 12.1 Å². The molecule has 0 radical (unpaired) electrons. The first-order valence-electron chi connectivity index (χ1n) is 5.31. The predicted octanol–water partition coefficient (Wildman–Crippen LogP) is 2.46. The summed E-state index contributed by atoms with van der Waals surface area (Å²) >= 11 is 0.798. The first kappa shape index (κ1) is 14.4. The van der Waals surface area contributed by atoms with E-state index in [-0.39, 0.29) is 16.6 Å². The van der Waals surface area contributed by atoms with Crippen LogP contribution in [0.2, 0.25) is 0 Å². The number of hydrogen-bond donors (Lipinski definition) is 1. The van der Waals surface area contributed by atoms with Gasteiger partial charge in [0.05, 0.1) is 17.0 Å². The van der Waals surface area contributed by atoms with Crippen LogP contribution in [-0.4, -0.2) is 31.6 Å². The van der Waals surface area contributed by atoms with Crippen molar-refractivity contribution in [2.45, 2.75) is 11.3 Å². The molecule has 2 rings (SSSR count). The first-order chi connectivity index (χ1) is 9.39. The smallest absolute Gasteiger partial charge is 0.418 e. The van der Waals surface area contributed by atoms with Crippen molar-refractivity contribution in [2.75, 3.05) is 5.75 Å². The molecule has 0 aliphatic heterocycles. The van der Waals surface area contributed by atoms with E-state index in [0.717, 1.165) is 28.7 Å². The van der Waals surface area contributed by atoms with Gasteiger partial charge in [-0.1, -0.05) is 23.9 Å². The molecule has 1 N–H and O–H groups in total. The number of rotatable bonds is 4. The summed E-state index contributed by atoms with van der Waals surface area (Å²) < 4.78 is 39.9. The van der Waals surface area contributed by atoms with Crippen molar-refractivity contribution in [1.82, 2.24) is 14.8 Å². The van der Waals surface area contributed by atoms with E-state index in [4.69, 9.17) is 5.11 Å². The van der Waals surface area contributed by atoms with Crippen molar-refractivity contribution in [3.63, 3.8) is 0 Å². The normalized spacial score (nSPS) is 11.6. The second kappa shape index (κ2) is 5.53. The van der Waals surface area contributed by atoms with Crippen LogP contribution in [0.1, 0.15) is 5.56 Å². The van der Waals surface area contributed by atoms with Crippen LogP contribution in [0.15, 0.2) is 35.7 Å². The number of benzene rings is 1. The molecule has 1 aromatic carbocycles. The number of hydrogen-bond acceptors (Lipinski definition) is 4. The second-order valence-corrected chi connectivity index (χ2v) is 4.62. The van der Waals surface area contributed by atoms with E-state index in [9.17, 15) is 18.0 Å². The Morgan fingerprint density at radius 2 is 2.05 bits per heavy atom. The van der Waals surface area contributed by atoms with Gasteiger partial charge in [-0.2, -0.15) is 13.2 Å².